The van der Waals surface area contributed by atoms with Crippen LogP contribution in [0.15, 0.2) is 48.2 Å². The molecule has 1 saturated heterocycles. The number of amides is 1. The average molecular weight is 674 g/mol. The molecule has 47 heavy (non-hydrogen) atoms. The molecule has 0 radical (unpaired) electrons. The van der Waals surface area contributed by atoms with Gasteiger partial charge in [-0.05, 0) is 73.6 Å². The molecule has 1 fully saturated rings. The van der Waals surface area contributed by atoms with E-state index >= 15 is 13.2 Å². The van der Waals surface area contributed by atoms with Crippen LogP contribution in [0.25, 0.3) is 0 Å². The van der Waals surface area contributed by atoms with Gasteiger partial charge in [-0.1, -0.05) is 31.1 Å². The highest BCUT2D eigenvalue weighted by atomic mass is 19.4. The Bertz CT molecular complexity index is 1510. The molecule has 1 amide bonds. The summed E-state index contributed by atoms with van der Waals surface area (Å²) in [6.45, 7) is -0.686. The van der Waals surface area contributed by atoms with Crippen LogP contribution in [0.3, 0.4) is 0 Å². The van der Waals surface area contributed by atoms with Gasteiger partial charge in [-0.3, -0.25) is 15.5 Å². The van der Waals surface area contributed by atoms with Crippen molar-refractivity contribution in [2.75, 3.05) is 25.0 Å². The van der Waals surface area contributed by atoms with Gasteiger partial charge in [0.25, 0.3) is 11.8 Å². The first-order valence-corrected chi connectivity index (χ1v) is 15.7. The van der Waals surface area contributed by atoms with E-state index < -0.39 is 66.4 Å². The fourth-order valence-corrected chi connectivity index (χ4v) is 6.76. The minimum Gasteiger partial charge on any atom is -0.356 e. The highest BCUT2D eigenvalue weighted by molar-refractivity contribution is 6.10. The molecule has 1 aliphatic carbocycles. The lowest BCUT2D eigenvalue weighted by Crippen LogP contribution is -2.63. The summed E-state index contributed by atoms with van der Waals surface area (Å²) in [6.07, 6.45) is -0.507. The first-order chi connectivity index (χ1) is 22.0. The molecule has 2 aromatic rings. The average Bonchev–Trinajstić information content (AvgIpc) is 3.49. The van der Waals surface area contributed by atoms with Gasteiger partial charge in [-0.15, -0.1) is 0 Å². The number of anilines is 1. The fourth-order valence-electron chi connectivity index (χ4n) is 6.76. The van der Waals surface area contributed by atoms with Crippen LogP contribution in [0.1, 0.15) is 84.5 Å². The molecule has 2 aromatic carbocycles. The highest BCUT2D eigenvalue weighted by Gasteiger charge is 2.59. The maximum atomic E-state index is 16.5. The minimum atomic E-state index is -4.87. The number of allylic oxidation sites excluding steroid dienone is 2. The third-order valence-electron chi connectivity index (χ3n) is 9.50. The van der Waals surface area contributed by atoms with Crippen molar-refractivity contribution in [1.29, 1.82) is 0 Å². The van der Waals surface area contributed by atoms with Crippen LogP contribution in [0.4, 0.5) is 40.8 Å². The summed E-state index contributed by atoms with van der Waals surface area (Å²) in [5, 5.41) is 0. The van der Waals surface area contributed by atoms with Gasteiger partial charge >= 0.3 is 12.1 Å². The lowest BCUT2D eigenvalue weighted by molar-refractivity contribution is -0.182. The molecule has 3 aliphatic rings. The van der Waals surface area contributed by atoms with Crippen LogP contribution >= 0.6 is 0 Å². The van der Waals surface area contributed by atoms with Crippen molar-refractivity contribution in [3.63, 3.8) is 0 Å². The van der Waals surface area contributed by atoms with E-state index in [4.69, 9.17) is 5.84 Å². The van der Waals surface area contributed by atoms with Crippen LogP contribution < -0.4 is 16.2 Å². The van der Waals surface area contributed by atoms with E-state index in [2.05, 4.69) is 5.43 Å². The van der Waals surface area contributed by atoms with Gasteiger partial charge in [-0.2, -0.15) is 22.0 Å². The SMILES string of the molecule is CN(/C1=C/CCCCCC1)C(NN)C(F)(F)[C@](C)(F)c1cccc(N2Cc3c(cc(CN4CCC(F)(F)C4)cc3C(F)(F)F)C2=O)c1. The topological polar surface area (TPSA) is 64.8 Å². The number of hydrogen-bond acceptors (Lipinski definition) is 5. The number of likely N-dealkylation sites (tertiary alicyclic amines) is 1. The number of halogens is 8. The second-order valence-electron chi connectivity index (χ2n) is 12.9. The predicted octanol–water partition coefficient (Wildman–Crippen LogP) is 7.49. The molecule has 0 saturated carbocycles. The van der Waals surface area contributed by atoms with Crippen molar-refractivity contribution in [2.24, 2.45) is 5.84 Å². The van der Waals surface area contributed by atoms with Crippen LogP contribution in [-0.2, 0) is 24.9 Å². The summed E-state index contributed by atoms with van der Waals surface area (Å²) < 4.78 is 119. The Balaban J connectivity index is 1.43. The molecular weight excluding hydrogens is 634 g/mol. The quantitative estimate of drug-likeness (QED) is 0.125. The third-order valence-corrected chi connectivity index (χ3v) is 9.50. The second kappa shape index (κ2) is 13.0. The van der Waals surface area contributed by atoms with Crippen LogP contribution in [0.5, 0.6) is 0 Å². The van der Waals surface area contributed by atoms with E-state index in [0.717, 1.165) is 48.8 Å². The Labute approximate surface area is 268 Å². The summed E-state index contributed by atoms with van der Waals surface area (Å²) in [5.41, 5.74) is -2.90. The number of nitrogens with zero attached hydrogens (tertiary/aromatic N) is 3. The number of fused-ring (bicyclic) bond motifs is 1. The predicted molar refractivity (Wildman–Crippen MR) is 161 cm³/mol. The fraction of sp³-hybridized carbons (Fsp3) is 0.545. The third kappa shape index (κ3) is 7.00. The van der Waals surface area contributed by atoms with Crippen LogP contribution in [0.2, 0.25) is 0 Å². The zero-order valence-electron chi connectivity index (χ0n) is 26.2. The molecule has 2 atom stereocenters. The van der Waals surface area contributed by atoms with E-state index in [0.29, 0.717) is 25.5 Å². The Hall–Kier alpha value is -3.23. The van der Waals surface area contributed by atoms with Gasteiger partial charge in [-0.25, -0.2) is 18.6 Å². The number of benzene rings is 2. The Morgan fingerprint density at radius 1 is 1.04 bits per heavy atom. The van der Waals surface area contributed by atoms with Gasteiger partial charge in [0, 0.05) is 43.5 Å². The maximum absolute atomic E-state index is 16.5. The number of hydrazine groups is 1. The van der Waals surface area contributed by atoms with E-state index in [-0.39, 0.29) is 35.5 Å². The Morgan fingerprint density at radius 2 is 1.77 bits per heavy atom. The maximum Gasteiger partial charge on any atom is 0.416 e. The van der Waals surface area contributed by atoms with Crippen molar-refractivity contribution in [2.45, 2.75) is 94.8 Å². The molecule has 2 aliphatic heterocycles. The number of hydrogen-bond donors (Lipinski definition) is 2. The summed E-state index contributed by atoms with van der Waals surface area (Å²) in [4.78, 5) is 17.1. The van der Waals surface area contributed by atoms with Crippen molar-refractivity contribution in [3.8, 4) is 0 Å². The van der Waals surface area contributed by atoms with Gasteiger partial charge in [0.05, 0.1) is 18.7 Å². The molecule has 0 bridgehead atoms. The lowest BCUT2D eigenvalue weighted by atomic mass is 9.88. The standard InChI is InChI=1S/C33H39F8N5O/c1-30(34,32(37,38)29(43-42)44(2)23-10-6-4-3-5-7-11-23)22-9-8-12-24(17-22)46-19-26-25(28(46)47)15-21(16-27(26)33(39,40)41)18-45-14-13-31(35,36)20-45/h8-10,12,15-17,29,43H,3-7,11,13-14,18-20,42H2,1-2H3/b23-10+/t29?,30-/m1/s1. The van der Waals surface area contributed by atoms with Crippen molar-refractivity contribution in [1.82, 2.24) is 15.2 Å². The Morgan fingerprint density at radius 3 is 2.43 bits per heavy atom. The minimum absolute atomic E-state index is 0.0150. The first-order valence-electron chi connectivity index (χ1n) is 15.7. The number of carbonyl (C=O) groups excluding carboxylic acids is 1. The van der Waals surface area contributed by atoms with Gasteiger partial charge in [0.1, 0.15) is 0 Å². The zero-order valence-corrected chi connectivity index (χ0v) is 26.2. The molecule has 5 rings (SSSR count). The summed E-state index contributed by atoms with van der Waals surface area (Å²) in [7, 11) is 1.42. The molecule has 1 unspecified atom stereocenters. The number of alkyl halides is 8. The van der Waals surface area contributed by atoms with Crippen molar-refractivity contribution >= 4 is 11.6 Å². The number of carbonyl (C=O) groups is 1. The summed E-state index contributed by atoms with van der Waals surface area (Å²) >= 11 is 0. The zero-order chi connectivity index (χ0) is 34.4. The normalized spacial score (nSPS) is 22.2. The molecule has 6 nitrogen and oxygen atoms in total. The van der Waals surface area contributed by atoms with Crippen molar-refractivity contribution in [3.05, 3.63) is 76.0 Å². The largest absolute Gasteiger partial charge is 0.416 e. The molecular formula is C33H39F8N5O. The van der Waals surface area contributed by atoms with Gasteiger partial charge in [0.15, 0.2) is 11.8 Å². The van der Waals surface area contributed by atoms with E-state index in [9.17, 15) is 26.7 Å². The lowest BCUT2D eigenvalue weighted by Gasteiger charge is -2.42. The molecule has 0 spiro atoms. The Kier molecular flexibility index (Phi) is 9.70. The van der Waals surface area contributed by atoms with Crippen LogP contribution in [-0.4, -0.2) is 53.9 Å². The molecule has 0 aromatic heterocycles. The van der Waals surface area contributed by atoms with Gasteiger partial charge in [0.2, 0.25) is 0 Å². The van der Waals surface area contributed by atoms with Crippen LogP contribution in [0, 0.1) is 0 Å². The van der Waals surface area contributed by atoms with Gasteiger partial charge < -0.3 is 9.80 Å². The van der Waals surface area contributed by atoms with E-state index in [1.807, 2.05) is 6.08 Å². The molecule has 3 N–H and O–H groups in total. The second-order valence-corrected chi connectivity index (χ2v) is 12.9. The van der Waals surface area contributed by atoms with E-state index in [1.54, 1.807) is 0 Å². The molecule has 14 heteroatoms. The monoisotopic (exact) mass is 673 g/mol. The smallest absolute Gasteiger partial charge is 0.356 e. The first kappa shape index (κ1) is 35.1. The van der Waals surface area contributed by atoms with Crippen molar-refractivity contribution < 1.29 is 39.9 Å². The number of nitrogens with two attached hydrogens (primary N) is 1. The molecule has 258 valence electrons. The number of rotatable bonds is 9. The summed E-state index contributed by atoms with van der Waals surface area (Å²) in [6, 6.07) is 6.83. The number of nitrogens with one attached hydrogen (secondary N) is 1. The highest BCUT2D eigenvalue weighted by Crippen LogP contribution is 2.46. The molecule has 2 heterocycles. The van der Waals surface area contributed by atoms with E-state index in [1.165, 1.54) is 35.0 Å². The summed E-state index contributed by atoms with van der Waals surface area (Å²) in [5.74, 6) is -2.34.